The molecule has 1 saturated carbocycles. The zero-order valence-electron chi connectivity index (χ0n) is 16.9. The van der Waals surface area contributed by atoms with Crippen LogP contribution in [0.2, 0.25) is 10.0 Å². The molecule has 0 radical (unpaired) electrons. The van der Waals surface area contributed by atoms with Crippen molar-refractivity contribution in [2.75, 3.05) is 11.2 Å². The van der Waals surface area contributed by atoms with Gasteiger partial charge in [0.2, 0.25) is 0 Å². The van der Waals surface area contributed by atoms with Crippen molar-refractivity contribution in [1.82, 2.24) is 25.0 Å². The quantitative estimate of drug-likeness (QED) is 0.167. The van der Waals surface area contributed by atoms with Crippen LogP contribution in [-0.4, -0.2) is 70.6 Å². The minimum absolute atomic E-state index is 0.123. The molecule has 4 atom stereocenters. The lowest BCUT2D eigenvalue weighted by atomic mass is 10.2. The largest absolute Gasteiger partial charge is 0.390 e. The molecule has 0 unspecified atom stereocenters. The second-order valence-electron chi connectivity index (χ2n) is 7.30. The van der Waals surface area contributed by atoms with E-state index >= 15 is 0 Å². The fourth-order valence-corrected chi connectivity index (χ4v) is 4.52. The van der Waals surface area contributed by atoms with Crippen molar-refractivity contribution >= 4 is 58.2 Å². The first-order chi connectivity index (χ1) is 15.4. The van der Waals surface area contributed by atoms with E-state index in [2.05, 4.69) is 30.8 Å². The molecule has 170 valence electrons. The highest BCUT2D eigenvalue weighted by molar-refractivity contribution is 7.99. The summed E-state index contributed by atoms with van der Waals surface area (Å²) < 4.78 is 1.42. The summed E-state index contributed by atoms with van der Waals surface area (Å²) in [6, 6.07) is 4.39. The van der Waals surface area contributed by atoms with Gasteiger partial charge < -0.3 is 15.3 Å². The number of benzene rings is 1. The van der Waals surface area contributed by atoms with Crippen molar-refractivity contribution in [2.45, 2.75) is 49.3 Å². The first-order valence-electron chi connectivity index (χ1n) is 9.93. The SMILES string of the molecule is CCCSc1nc(N/N=C/c2ccc(Cl)cc2Cl)c2nnn([C@@H]3C[C@H](O)[C@@H](O)[C@H]3O)c2n1. The summed E-state index contributed by atoms with van der Waals surface area (Å²) in [6.45, 7) is 2.05. The van der Waals surface area contributed by atoms with Crippen molar-refractivity contribution in [3.63, 3.8) is 0 Å². The summed E-state index contributed by atoms with van der Waals surface area (Å²) >= 11 is 13.6. The van der Waals surface area contributed by atoms with Crippen molar-refractivity contribution in [3.8, 4) is 0 Å². The normalized spacial score (nSPS) is 23.4. The van der Waals surface area contributed by atoms with Crippen LogP contribution >= 0.6 is 35.0 Å². The Morgan fingerprint density at radius 3 is 2.75 bits per heavy atom. The number of nitrogens with one attached hydrogen (secondary N) is 1. The Morgan fingerprint density at radius 2 is 2.06 bits per heavy atom. The smallest absolute Gasteiger partial charge is 0.191 e. The molecular formula is C19H21Cl2N7O3S. The fourth-order valence-electron chi connectivity index (χ4n) is 3.36. The summed E-state index contributed by atoms with van der Waals surface area (Å²) in [7, 11) is 0. The molecule has 2 aromatic heterocycles. The number of fused-ring (bicyclic) bond motifs is 1. The fraction of sp³-hybridized carbons (Fsp3) is 0.421. The van der Waals surface area contributed by atoms with Gasteiger partial charge in [0.15, 0.2) is 22.1 Å². The number of nitrogens with zero attached hydrogens (tertiary/aromatic N) is 6. The Morgan fingerprint density at radius 1 is 1.25 bits per heavy atom. The summed E-state index contributed by atoms with van der Waals surface area (Å²) in [5, 5.41) is 44.2. The number of aliphatic hydroxyl groups is 3. The van der Waals surface area contributed by atoms with Gasteiger partial charge in [-0.2, -0.15) is 5.10 Å². The maximum absolute atomic E-state index is 10.3. The minimum atomic E-state index is -1.26. The monoisotopic (exact) mass is 497 g/mol. The van der Waals surface area contributed by atoms with Crippen LogP contribution in [0.25, 0.3) is 11.2 Å². The molecule has 0 saturated heterocycles. The lowest BCUT2D eigenvalue weighted by molar-refractivity contribution is -0.0253. The topological polar surface area (TPSA) is 142 Å². The van der Waals surface area contributed by atoms with E-state index in [1.54, 1.807) is 18.2 Å². The maximum atomic E-state index is 10.3. The van der Waals surface area contributed by atoms with Crippen LogP contribution in [0.4, 0.5) is 5.82 Å². The number of halogens is 2. The number of hydrazone groups is 1. The zero-order chi connectivity index (χ0) is 22.8. The molecule has 1 aromatic carbocycles. The molecule has 0 bridgehead atoms. The van der Waals surface area contributed by atoms with Gasteiger partial charge in [0.25, 0.3) is 0 Å². The van der Waals surface area contributed by atoms with Gasteiger partial charge in [0.1, 0.15) is 12.2 Å². The molecule has 0 amide bonds. The van der Waals surface area contributed by atoms with E-state index < -0.39 is 24.4 Å². The van der Waals surface area contributed by atoms with Gasteiger partial charge in [-0.05, 0) is 18.6 Å². The van der Waals surface area contributed by atoms with Crippen LogP contribution in [0, 0.1) is 0 Å². The standard InChI is InChI=1S/C19H21Cl2N7O3S/c1-2-5-32-19-23-17(26-22-8-9-3-4-10(20)6-11(9)21)14-18(24-19)28(27-25-14)12-7-13(29)16(31)15(12)30/h3-4,6,8,12-13,15-16,29-31H,2,5,7H2,1H3,(H,23,24,26)/b22-8+/t12-,13+,15+,16-/m1/s1. The molecule has 0 aliphatic heterocycles. The van der Waals surface area contributed by atoms with Gasteiger partial charge in [-0.1, -0.05) is 53.2 Å². The summed E-state index contributed by atoms with van der Waals surface area (Å²) in [4.78, 5) is 9.03. The van der Waals surface area contributed by atoms with Gasteiger partial charge in [-0.25, -0.2) is 14.6 Å². The van der Waals surface area contributed by atoms with E-state index in [1.807, 2.05) is 6.92 Å². The molecule has 4 N–H and O–H groups in total. The number of hydrogen-bond donors (Lipinski definition) is 4. The molecule has 32 heavy (non-hydrogen) atoms. The van der Waals surface area contributed by atoms with Gasteiger partial charge in [0, 0.05) is 22.8 Å². The molecule has 0 spiro atoms. The molecule has 10 nitrogen and oxygen atoms in total. The second-order valence-corrected chi connectivity index (χ2v) is 9.20. The summed E-state index contributed by atoms with van der Waals surface area (Å²) in [5.74, 6) is 1.13. The van der Waals surface area contributed by atoms with Crippen LogP contribution in [0.1, 0.15) is 31.4 Å². The molecule has 13 heteroatoms. The Kier molecular flexibility index (Phi) is 7.13. The molecule has 1 aliphatic rings. The minimum Gasteiger partial charge on any atom is -0.390 e. The number of thioether (sulfide) groups is 1. The molecule has 1 fully saturated rings. The second kappa shape index (κ2) is 9.86. The highest BCUT2D eigenvalue weighted by atomic mass is 35.5. The van der Waals surface area contributed by atoms with Crippen LogP contribution in [0.3, 0.4) is 0 Å². The highest BCUT2D eigenvalue weighted by Crippen LogP contribution is 2.33. The van der Waals surface area contributed by atoms with Crippen molar-refractivity contribution in [3.05, 3.63) is 33.8 Å². The van der Waals surface area contributed by atoms with Gasteiger partial charge in [-0.3, -0.25) is 5.43 Å². The maximum Gasteiger partial charge on any atom is 0.191 e. The lowest BCUT2D eigenvalue weighted by Crippen LogP contribution is -2.31. The number of rotatable bonds is 7. The molecule has 2 heterocycles. The zero-order valence-corrected chi connectivity index (χ0v) is 19.3. The number of aliphatic hydroxyl groups excluding tert-OH is 3. The van der Waals surface area contributed by atoms with Gasteiger partial charge in [-0.15, -0.1) is 5.10 Å². The predicted octanol–water partition coefficient (Wildman–Crippen LogP) is 2.50. The van der Waals surface area contributed by atoms with E-state index in [0.717, 1.165) is 12.2 Å². The third-order valence-electron chi connectivity index (χ3n) is 5.01. The predicted molar refractivity (Wildman–Crippen MR) is 123 cm³/mol. The van der Waals surface area contributed by atoms with E-state index in [9.17, 15) is 15.3 Å². The highest BCUT2D eigenvalue weighted by Gasteiger charge is 2.43. The molecule has 3 aromatic rings. The average Bonchev–Trinajstić information content (AvgIpc) is 3.30. The Balaban J connectivity index is 1.68. The van der Waals surface area contributed by atoms with Gasteiger partial charge in [0.05, 0.1) is 23.4 Å². The van der Waals surface area contributed by atoms with Crippen LogP contribution in [0.15, 0.2) is 28.5 Å². The van der Waals surface area contributed by atoms with E-state index in [1.165, 1.54) is 22.7 Å². The summed E-state index contributed by atoms with van der Waals surface area (Å²) in [5.41, 5.74) is 4.23. The van der Waals surface area contributed by atoms with E-state index in [4.69, 9.17) is 23.2 Å². The van der Waals surface area contributed by atoms with Gasteiger partial charge >= 0.3 is 0 Å². The lowest BCUT2D eigenvalue weighted by Gasteiger charge is -2.16. The number of aromatic nitrogens is 5. The van der Waals surface area contributed by atoms with Crippen molar-refractivity contribution in [2.24, 2.45) is 5.10 Å². The Bertz CT molecular complexity index is 1150. The molecular weight excluding hydrogens is 477 g/mol. The Labute approximate surface area is 197 Å². The van der Waals surface area contributed by atoms with Crippen molar-refractivity contribution in [1.29, 1.82) is 0 Å². The average molecular weight is 498 g/mol. The van der Waals surface area contributed by atoms with Crippen LogP contribution in [-0.2, 0) is 0 Å². The number of hydrogen-bond acceptors (Lipinski definition) is 10. The van der Waals surface area contributed by atoms with Crippen LogP contribution < -0.4 is 5.43 Å². The molecule has 4 rings (SSSR count). The first kappa shape index (κ1) is 23.1. The van der Waals surface area contributed by atoms with Crippen molar-refractivity contribution < 1.29 is 15.3 Å². The first-order valence-corrected chi connectivity index (χ1v) is 11.7. The number of anilines is 1. The summed E-state index contributed by atoms with van der Waals surface area (Å²) in [6.07, 6.45) is -0.934. The van der Waals surface area contributed by atoms with E-state index in [-0.39, 0.29) is 6.42 Å². The third-order valence-corrected chi connectivity index (χ3v) is 6.63. The Hall–Kier alpha value is -2.02. The van der Waals surface area contributed by atoms with E-state index in [0.29, 0.717) is 37.7 Å². The van der Waals surface area contributed by atoms with Crippen LogP contribution in [0.5, 0.6) is 0 Å². The molecule has 1 aliphatic carbocycles. The third kappa shape index (κ3) is 4.68.